The van der Waals surface area contributed by atoms with Crippen molar-refractivity contribution in [1.29, 1.82) is 0 Å². The van der Waals surface area contributed by atoms with Crippen molar-refractivity contribution in [3.8, 4) is 0 Å². The lowest BCUT2D eigenvalue weighted by molar-refractivity contribution is -0.116. The fourth-order valence-electron chi connectivity index (χ4n) is 2.53. The molecule has 122 valence electrons. The van der Waals surface area contributed by atoms with Crippen LogP contribution in [-0.2, 0) is 9.59 Å². The summed E-state index contributed by atoms with van der Waals surface area (Å²) in [5, 5.41) is 4.69. The number of hydrogen-bond acceptors (Lipinski definition) is 5. The van der Waals surface area contributed by atoms with Crippen LogP contribution in [0.3, 0.4) is 0 Å². The van der Waals surface area contributed by atoms with E-state index in [0.29, 0.717) is 34.1 Å². The summed E-state index contributed by atoms with van der Waals surface area (Å²) in [6.07, 6.45) is 1.63. The Balaban J connectivity index is 2.01. The molecular weight excluding hydrogens is 326 g/mol. The van der Waals surface area contributed by atoms with Crippen molar-refractivity contribution >= 4 is 45.8 Å². The minimum atomic E-state index is -0.452. The predicted molar refractivity (Wildman–Crippen MR) is 92.6 cm³/mol. The third kappa shape index (κ3) is 2.85. The van der Waals surface area contributed by atoms with Crippen molar-refractivity contribution in [3.63, 3.8) is 0 Å². The largest absolute Gasteiger partial charge is 0.289 e. The van der Waals surface area contributed by atoms with Crippen LogP contribution in [0.5, 0.6) is 0 Å². The van der Waals surface area contributed by atoms with E-state index < -0.39 is 11.8 Å². The summed E-state index contributed by atoms with van der Waals surface area (Å²) in [5.74, 6) is -0.940. The molecule has 2 aromatic rings. The maximum atomic E-state index is 12.2. The van der Waals surface area contributed by atoms with Crippen LogP contribution in [0.25, 0.3) is 11.6 Å². The van der Waals surface area contributed by atoms with E-state index in [2.05, 4.69) is 10.3 Å². The predicted octanol–water partition coefficient (Wildman–Crippen LogP) is 2.33. The number of amides is 3. The zero-order valence-corrected chi connectivity index (χ0v) is 14.0. The van der Waals surface area contributed by atoms with E-state index >= 15 is 0 Å². The number of thiazole rings is 1. The van der Waals surface area contributed by atoms with Crippen LogP contribution >= 0.6 is 11.3 Å². The third-order valence-electron chi connectivity index (χ3n) is 3.66. The molecule has 0 atom stereocenters. The minimum Gasteiger partial charge on any atom is -0.289 e. The van der Waals surface area contributed by atoms with Crippen molar-refractivity contribution < 1.29 is 14.4 Å². The van der Waals surface area contributed by atoms with Crippen LogP contribution in [0.2, 0.25) is 0 Å². The Morgan fingerprint density at radius 2 is 1.96 bits per heavy atom. The van der Waals surface area contributed by atoms with Gasteiger partial charge >= 0.3 is 0 Å². The second-order valence-corrected chi connectivity index (χ2v) is 6.04. The first-order valence-corrected chi connectivity index (χ1v) is 8.29. The Hall–Kier alpha value is -2.80. The van der Waals surface area contributed by atoms with E-state index in [1.807, 2.05) is 6.92 Å². The molecule has 1 N–H and O–H groups in total. The Morgan fingerprint density at radius 1 is 1.25 bits per heavy atom. The number of nitrogens with one attached hydrogen (secondary N) is 1. The third-order valence-corrected chi connectivity index (χ3v) is 4.54. The molecule has 0 spiro atoms. The SMILES string of the molecule is CCN(C(C)=O)c1nc(/C=C2/C(=O)NC(=O)c3ccccc32)cs1. The Kier molecular flexibility index (Phi) is 4.26. The molecule has 1 aliphatic heterocycles. The molecule has 0 saturated carbocycles. The molecule has 0 saturated heterocycles. The molecule has 0 unspecified atom stereocenters. The van der Waals surface area contributed by atoms with Crippen molar-refractivity contribution in [2.45, 2.75) is 13.8 Å². The Bertz CT molecular complexity index is 869. The van der Waals surface area contributed by atoms with Gasteiger partial charge in [0.1, 0.15) is 0 Å². The number of hydrogen-bond donors (Lipinski definition) is 1. The lowest BCUT2D eigenvalue weighted by atomic mass is 9.94. The van der Waals surface area contributed by atoms with Gasteiger partial charge in [0.25, 0.3) is 11.8 Å². The molecular formula is C17H15N3O3S. The number of nitrogens with zero attached hydrogens (tertiary/aromatic N) is 2. The minimum absolute atomic E-state index is 0.0857. The maximum absolute atomic E-state index is 12.2. The Labute approximate surface area is 142 Å². The number of rotatable bonds is 3. The fourth-order valence-corrected chi connectivity index (χ4v) is 3.42. The first kappa shape index (κ1) is 16.1. The molecule has 24 heavy (non-hydrogen) atoms. The van der Waals surface area contributed by atoms with Crippen LogP contribution in [-0.4, -0.2) is 29.3 Å². The van der Waals surface area contributed by atoms with Gasteiger partial charge in [-0.15, -0.1) is 11.3 Å². The molecule has 0 bridgehead atoms. The zero-order chi connectivity index (χ0) is 17.3. The molecule has 1 aromatic heterocycles. The number of carbonyl (C=O) groups is 3. The van der Waals surface area contributed by atoms with E-state index in [9.17, 15) is 14.4 Å². The van der Waals surface area contributed by atoms with Gasteiger partial charge in [-0.25, -0.2) is 4.98 Å². The van der Waals surface area contributed by atoms with Crippen LogP contribution in [0.15, 0.2) is 29.6 Å². The van der Waals surface area contributed by atoms with Crippen molar-refractivity contribution in [3.05, 3.63) is 46.5 Å². The van der Waals surface area contributed by atoms with Crippen LogP contribution in [0.4, 0.5) is 5.13 Å². The number of fused-ring (bicyclic) bond motifs is 1. The van der Waals surface area contributed by atoms with Crippen LogP contribution in [0, 0.1) is 0 Å². The smallest absolute Gasteiger partial charge is 0.258 e. The van der Waals surface area contributed by atoms with Gasteiger partial charge in [0, 0.05) is 35.5 Å². The van der Waals surface area contributed by atoms with Gasteiger partial charge in [-0.05, 0) is 19.1 Å². The first-order valence-electron chi connectivity index (χ1n) is 7.41. The summed E-state index contributed by atoms with van der Waals surface area (Å²) >= 11 is 1.33. The quantitative estimate of drug-likeness (QED) is 0.686. The summed E-state index contributed by atoms with van der Waals surface area (Å²) < 4.78 is 0. The van der Waals surface area contributed by atoms with Gasteiger partial charge in [0.05, 0.1) is 5.69 Å². The lowest BCUT2D eigenvalue weighted by Gasteiger charge is -2.17. The van der Waals surface area contributed by atoms with Gasteiger partial charge in [-0.2, -0.15) is 0 Å². The van der Waals surface area contributed by atoms with Gasteiger partial charge in [-0.1, -0.05) is 18.2 Å². The standard InChI is InChI=1S/C17H15N3O3S/c1-3-20(10(2)21)17-18-11(9-24-17)8-14-12-6-4-5-7-13(12)15(22)19-16(14)23/h4-9H,3H2,1-2H3,(H,19,22,23)/b14-8+. The Morgan fingerprint density at radius 3 is 2.62 bits per heavy atom. The van der Waals surface area contributed by atoms with Crippen molar-refractivity contribution in [2.24, 2.45) is 0 Å². The molecule has 3 amide bonds. The van der Waals surface area contributed by atoms with Gasteiger partial charge in [0.15, 0.2) is 5.13 Å². The van der Waals surface area contributed by atoms with E-state index in [1.165, 1.54) is 18.3 Å². The van der Waals surface area contributed by atoms with Crippen molar-refractivity contribution in [1.82, 2.24) is 10.3 Å². The highest BCUT2D eigenvalue weighted by atomic mass is 32.1. The summed E-state index contributed by atoms with van der Waals surface area (Å²) in [4.78, 5) is 41.6. The summed E-state index contributed by atoms with van der Waals surface area (Å²) in [6.45, 7) is 3.88. The second kappa shape index (κ2) is 6.37. The molecule has 2 heterocycles. The molecule has 3 rings (SSSR count). The van der Waals surface area contributed by atoms with E-state index in [0.717, 1.165) is 0 Å². The average Bonchev–Trinajstić information content (AvgIpc) is 3.00. The lowest BCUT2D eigenvalue weighted by Crippen LogP contribution is -2.36. The highest BCUT2D eigenvalue weighted by molar-refractivity contribution is 7.14. The zero-order valence-electron chi connectivity index (χ0n) is 13.2. The molecule has 0 aliphatic carbocycles. The maximum Gasteiger partial charge on any atom is 0.258 e. The number of imide groups is 1. The van der Waals surface area contributed by atoms with Crippen molar-refractivity contribution in [2.75, 3.05) is 11.4 Å². The topological polar surface area (TPSA) is 79.4 Å². The van der Waals surface area contributed by atoms with E-state index in [4.69, 9.17) is 0 Å². The average molecular weight is 341 g/mol. The molecule has 7 heteroatoms. The van der Waals surface area contributed by atoms with Gasteiger partial charge in [0.2, 0.25) is 5.91 Å². The molecule has 0 fully saturated rings. The van der Waals surface area contributed by atoms with Gasteiger partial charge in [-0.3, -0.25) is 24.6 Å². The highest BCUT2D eigenvalue weighted by Gasteiger charge is 2.27. The van der Waals surface area contributed by atoms with E-state index in [1.54, 1.807) is 40.6 Å². The fraction of sp³-hybridized carbons (Fsp3) is 0.176. The molecule has 1 aromatic carbocycles. The highest BCUT2D eigenvalue weighted by Crippen LogP contribution is 2.28. The summed E-state index contributed by atoms with van der Waals surface area (Å²) in [7, 11) is 0. The molecule has 6 nitrogen and oxygen atoms in total. The molecule has 1 aliphatic rings. The first-order chi connectivity index (χ1) is 11.5. The molecule has 0 radical (unpaired) electrons. The summed E-state index contributed by atoms with van der Waals surface area (Å²) in [5.41, 5.74) is 1.99. The number of benzene rings is 1. The number of aromatic nitrogens is 1. The number of carbonyl (C=O) groups excluding carboxylic acids is 3. The second-order valence-electron chi connectivity index (χ2n) is 5.21. The van der Waals surface area contributed by atoms with Gasteiger partial charge < -0.3 is 0 Å². The van der Waals surface area contributed by atoms with Crippen LogP contribution in [0.1, 0.15) is 35.5 Å². The van der Waals surface area contributed by atoms with Crippen LogP contribution < -0.4 is 10.2 Å². The number of anilines is 1. The monoisotopic (exact) mass is 341 g/mol. The summed E-state index contributed by atoms with van der Waals surface area (Å²) in [6, 6.07) is 6.93. The normalized spacial score (nSPS) is 15.2. The van der Waals surface area contributed by atoms with E-state index in [-0.39, 0.29) is 5.91 Å².